The summed E-state index contributed by atoms with van der Waals surface area (Å²) in [5.41, 5.74) is 10.2. The lowest BCUT2D eigenvalue weighted by Gasteiger charge is -2.31. The molecular weight excluding hydrogens is 256 g/mol. The van der Waals surface area contributed by atoms with E-state index in [4.69, 9.17) is 5.73 Å². The summed E-state index contributed by atoms with van der Waals surface area (Å²) in [6.45, 7) is 4.40. The van der Waals surface area contributed by atoms with E-state index in [0.717, 1.165) is 18.9 Å². The predicted molar refractivity (Wildman–Crippen MR) is 93.0 cm³/mol. The van der Waals surface area contributed by atoms with Crippen molar-refractivity contribution in [3.63, 3.8) is 0 Å². The number of hydrogen-bond acceptors (Lipinski definition) is 2. The molecule has 1 saturated carbocycles. The van der Waals surface area contributed by atoms with Crippen LogP contribution in [0.2, 0.25) is 0 Å². The van der Waals surface area contributed by atoms with Crippen LogP contribution < -0.4 is 10.6 Å². The normalized spacial score (nSPS) is 18.3. The van der Waals surface area contributed by atoms with Crippen molar-refractivity contribution in [3.8, 4) is 0 Å². The monoisotopic (exact) mass is 288 g/mol. The molecule has 1 unspecified atom stereocenters. The fraction of sp³-hybridized carbons (Fsp3) is 0.684. The molecule has 1 aliphatic rings. The number of nitrogens with two attached hydrogens (primary N) is 1. The van der Waals surface area contributed by atoms with Crippen molar-refractivity contribution in [2.24, 2.45) is 5.73 Å². The quantitative estimate of drug-likeness (QED) is 0.812. The summed E-state index contributed by atoms with van der Waals surface area (Å²) in [4.78, 5) is 2.52. The van der Waals surface area contributed by atoms with Gasteiger partial charge < -0.3 is 10.6 Å². The summed E-state index contributed by atoms with van der Waals surface area (Å²) in [5, 5.41) is 0. The van der Waals surface area contributed by atoms with Crippen LogP contribution in [0.15, 0.2) is 18.2 Å². The average molecular weight is 288 g/mol. The standard InChI is InChI=1S/C19H32N2/c1-4-17(20)14-16-11-12-19(15(2)13-16)21(3)18-9-7-5-6-8-10-18/h11-13,17-18H,4-10,14,20H2,1-3H3. The van der Waals surface area contributed by atoms with Crippen LogP contribution in [0.4, 0.5) is 5.69 Å². The molecule has 0 heterocycles. The van der Waals surface area contributed by atoms with Crippen molar-refractivity contribution in [1.82, 2.24) is 0 Å². The molecule has 0 radical (unpaired) electrons. The summed E-state index contributed by atoms with van der Waals surface area (Å²) >= 11 is 0. The van der Waals surface area contributed by atoms with E-state index in [1.807, 2.05) is 0 Å². The highest BCUT2D eigenvalue weighted by molar-refractivity contribution is 5.54. The number of hydrogen-bond donors (Lipinski definition) is 1. The summed E-state index contributed by atoms with van der Waals surface area (Å²) in [7, 11) is 2.27. The van der Waals surface area contributed by atoms with Crippen LogP contribution in [0.1, 0.15) is 63.0 Å². The molecule has 0 bridgehead atoms. The first kappa shape index (κ1) is 16.4. The van der Waals surface area contributed by atoms with Crippen LogP contribution in [0.5, 0.6) is 0 Å². The molecule has 2 N–H and O–H groups in total. The Kier molecular flexibility index (Phi) is 6.10. The van der Waals surface area contributed by atoms with Crippen LogP contribution in [-0.4, -0.2) is 19.1 Å². The van der Waals surface area contributed by atoms with Crippen molar-refractivity contribution in [3.05, 3.63) is 29.3 Å². The number of benzene rings is 1. The molecule has 0 saturated heterocycles. The van der Waals surface area contributed by atoms with Crippen molar-refractivity contribution in [1.29, 1.82) is 0 Å². The maximum Gasteiger partial charge on any atom is 0.0396 e. The molecule has 2 nitrogen and oxygen atoms in total. The van der Waals surface area contributed by atoms with Crippen molar-refractivity contribution in [2.45, 2.75) is 77.3 Å². The van der Waals surface area contributed by atoms with Crippen molar-refractivity contribution >= 4 is 5.69 Å². The van der Waals surface area contributed by atoms with E-state index in [-0.39, 0.29) is 6.04 Å². The van der Waals surface area contributed by atoms with E-state index < -0.39 is 0 Å². The van der Waals surface area contributed by atoms with Gasteiger partial charge in [-0.05, 0) is 49.8 Å². The van der Waals surface area contributed by atoms with Crippen LogP contribution in [0.25, 0.3) is 0 Å². The van der Waals surface area contributed by atoms with Crippen molar-refractivity contribution in [2.75, 3.05) is 11.9 Å². The number of anilines is 1. The van der Waals surface area contributed by atoms with Gasteiger partial charge in [0.2, 0.25) is 0 Å². The van der Waals surface area contributed by atoms with Gasteiger partial charge in [0.15, 0.2) is 0 Å². The van der Waals surface area contributed by atoms with Crippen molar-refractivity contribution < 1.29 is 0 Å². The van der Waals surface area contributed by atoms with E-state index in [2.05, 4.69) is 44.0 Å². The Morgan fingerprint density at radius 1 is 1.19 bits per heavy atom. The minimum absolute atomic E-state index is 0.287. The van der Waals surface area contributed by atoms with Gasteiger partial charge in [-0.3, -0.25) is 0 Å². The average Bonchev–Trinajstić information content (AvgIpc) is 2.75. The Morgan fingerprint density at radius 3 is 2.43 bits per heavy atom. The molecule has 1 aliphatic carbocycles. The molecule has 1 aromatic carbocycles. The van der Waals surface area contributed by atoms with E-state index in [1.165, 1.54) is 55.3 Å². The van der Waals surface area contributed by atoms with Gasteiger partial charge in [0.25, 0.3) is 0 Å². The third-order valence-corrected chi connectivity index (χ3v) is 5.04. The minimum atomic E-state index is 0.287. The molecule has 1 aromatic rings. The molecule has 0 aromatic heterocycles. The van der Waals surface area contributed by atoms with Gasteiger partial charge >= 0.3 is 0 Å². The summed E-state index contributed by atoms with van der Waals surface area (Å²) in [5.74, 6) is 0. The largest absolute Gasteiger partial charge is 0.371 e. The summed E-state index contributed by atoms with van der Waals surface area (Å²) in [6.07, 6.45) is 10.3. The van der Waals surface area contributed by atoms with Gasteiger partial charge in [-0.2, -0.15) is 0 Å². The molecule has 118 valence electrons. The predicted octanol–water partition coefficient (Wildman–Crippen LogP) is 4.43. The number of nitrogens with zero attached hydrogens (tertiary/aromatic N) is 1. The highest BCUT2D eigenvalue weighted by Crippen LogP contribution is 2.28. The fourth-order valence-corrected chi connectivity index (χ4v) is 3.53. The number of rotatable bonds is 5. The Labute approximate surface area is 130 Å². The van der Waals surface area contributed by atoms with E-state index >= 15 is 0 Å². The smallest absolute Gasteiger partial charge is 0.0396 e. The second-order valence-electron chi connectivity index (χ2n) is 6.75. The van der Waals surface area contributed by atoms with Crippen LogP contribution in [-0.2, 0) is 6.42 Å². The van der Waals surface area contributed by atoms with Crippen LogP contribution in [0.3, 0.4) is 0 Å². The van der Waals surface area contributed by atoms with E-state index in [0.29, 0.717) is 0 Å². The summed E-state index contributed by atoms with van der Waals surface area (Å²) in [6, 6.07) is 7.91. The van der Waals surface area contributed by atoms with Gasteiger partial charge in [-0.25, -0.2) is 0 Å². The third kappa shape index (κ3) is 4.47. The highest BCUT2D eigenvalue weighted by Gasteiger charge is 2.18. The summed E-state index contributed by atoms with van der Waals surface area (Å²) < 4.78 is 0. The molecule has 21 heavy (non-hydrogen) atoms. The van der Waals surface area contributed by atoms with Gasteiger partial charge in [0.05, 0.1) is 0 Å². The molecule has 1 fully saturated rings. The Bertz CT molecular complexity index is 433. The molecule has 0 aliphatic heterocycles. The lowest BCUT2D eigenvalue weighted by molar-refractivity contribution is 0.552. The van der Waals surface area contributed by atoms with Gasteiger partial charge in [-0.15, -0.1) is 0 Å². The first-order chi connectivity index (χ1) is 10.1. The molecule has 0 spiro atoms. The Morgan fingerprint density at radius 2 is 1.86 bits per heavy atom. The van der Waals surface area contributed by atoms with E-state index in [1.54, 1.807) is 0 Å². The topological polar surface area (TPSA) is 29.3 Å². The molecular formula is C19H32N2. The molecule has 2 heteroatoms. The highest BCUT2D eigenvalue weighted by atomic mass is 15.1. The molecule has 1 atom stereocenters. The zero-order valence-corrected chi connectivity index (χ0v) is 14.1. The number of aryl methyl sites for hydroxylation is 1. The van der Waals surface area contributed by atoms with Gasteiger partial charge in [0, 0.05) is 24.8 Å². The van der Waals surface area contributed by atoms with Crippen LogP contribution in [0, 0.1) is 6.92 Å². The maximum atomic E-state index is 6.08. The van der Waals surface area contributed by atoms with Crippen LogP contribution >= 0.6 is 0 Å². The zero-order valence-electron chi connectivity index (χ0n) is 14.1. The minimum Gasteiger partial charge on any atom is -0.371 e. The van der Waals surface area contributed by atoms with Gasteiger partial charge in [-0.1, -0.05) is 44.7 Å². The molecule has 2 rings (SSSR count). The molecule has 0 amide bonds. The first-order valence-corrected chi connectivity index (χ1v) is 8.69. The third-order valence-electron chi connectivity index (χ3n) is 5.04. The second-order valence-corrected chi connectivity index (χ2v) is 6.75. The maximum absolute atomic E-state index is 6.08. The fourth-order valence-electron chi connectivity index (χ4n) is 3.53. The van der Waals surface area contributed by atoms with Gasteiger partial charge in [0.1, 0.15) is 0 Å². The Balaban J connectivity index is 2.08. The SMILES string of the molecule is CCC(N)Cc1ccc(N(C)C2CCCCCC2)c(C)c1. The zero-order chi connectivity index (χ0) is 15.2. The Hall–Kier alpha value is -1.02. The van der Waals surface area contributed by atoms with E-state index in [9.17, 15) is 0 Å². The lowest BCUT2D eigenvalue weighted by atomic mass is 10.00. The lowest BCUT2D eigenvalue weighted by Crippen LogP contribution is -2.31. The second kappa shape index (κ2) is 7.84. The first-order valence-electron chi connectivity index (χ1n) is 8.69.